The summed E-state index contributed by atoms with van der Waals surface area (Å²) in [6.45, 7) is -1.56. The molecule has 0 aliphatic rings. The Bertz CT molecular complexity index is 1040. The monoisotopic (exact) mass is 412 g/mol. The fraction of sp³-hybridized carbons (Fsp3) is 0.118. The van der Waals surface area contributed by atoms with Gasteiger partial charge in [0.05, 0.1) is 11.1 Å². The van der Waals surface area contributed by atoms with E-state index in [-0.39, 0.29) is 10.6 Å². The topological polar surface area (TPSA) is 96.1 Å². The van der Waals surface area contributed by atoms with Crippen molar-refractivity contribution in [3.05, 3.63) is 58.9 Å². The van der Waals surface area contributed by atoms with E-state index >= 15 is 0 Å². The fourth-order valence-electron chi connectivity index (χ4n) is 2.32. The quantitative estimate of drug-likeness (QED) is 0.573. The molecule has 1 aromatic carbocycles. The van der Waals surface area contributed by atoms with Crippen LogP contribution >= 0.6 is 11.6 Å². The molecule has 0 unspecified atom stereocenters. The molecule has 0 aliphatic carbocycles. The van der Waals surface area contributed by atoms with Crippen LogP contribution in [0.1, 0.15) is 20.7 Å². The Morgan fingerprint density at radius 1 is 1.18 bits per heavy atom. The fourth-order valence-corrected chi connectivity index (χ4v) is 2.54. The second kappa shape index (κ2) is 7.77. The van der Waals surface area contributed by atoms with Crippen molar-refractivity contribution in [1.29, 1.82) is 0 Å². The summed E-state index contributed by atoms with van der Waals surface area (Å²) < 4.78 is 41.0. The lowest BCUT2D eigenvalue weighted by Crippen LogP contribution is -2.41. The molecule has 11 heteroatoms. The van der Waals surface area contributed by atoms with Crippen molar-refractivity contribution in [2.75, 3.05) is 6.61 Å². The lowest BCUT2D eigenvalue weighted by atomic mass is 10.2. The average molecular weight is 413 g/mol. The molecule has 0 atom stereocenters. The van der Waals surface area contributed by atoms with Gasteiger partial charge in [0.15, 0.2) is 6.61 Å². The molecule has 0 saturated carbocycles. The van der Waals surface area contributed by atoms with Crippen LogP contribution < -0.4 is 15.6 Å². The van der Waals surface area contributed by atoms with E-state index in [1.807, 2.05) is 0 Å². The van der Waals surface area contributed by atoms with Gasteiger partial charge in [-0.25, -0.2) is 4.98 Å². The van der Waals surface area contributed by atoms with Gasteiger partial charge in [-0.15, -0.1) is 0 Å². The Morgan fingerprint density at radius 2 is 1.89 bits per heavy atom. The summed E-state index contributed by atoms with van der Waals surface area (Å²) >= 11 is 5.79. The number of nitrogens with one attached hydrogen (secondary N) is 3. The summed E-state index contributed by atoms with van der Waals surface area (Å²) in [6, 6.07) is 8.18. The van der Waals surface area contributed by atoms with Crippen LogP contribution in [0.25, 0.3) is 10.9 Å². The first-order chi connectivity index (χ1) is 13.2. The first-order valence-electron chi connectivity index (χ1n) is 7.76. The molecule has 2 aromatic heterocycles. The van der Waals surface area contributed by atoms with Gasteiger partial charge in [-0.1, -0.05) is 29.8 Å². The number of aromatic nitrogens is 2. The highest BCUT2D eigenvalue weighted by Gasteiger charge is 2.29. The number of carbonyl (C=O) groups excluding carboxylic acids is 2. The second-order valence-corrected chi connectivity index (χ2v) is 5.98. The number of rotatable bonds is 4. The molecule has 0 saturated heterocycles. The zero-order chi connectivity index (χ0) is 20.3. The summed E-state index contributed by atoms with van der Waals surface area (Å²) in [7, 11) is 0. The number of fused-ring (bicyclic) bond motifs is 1. The maximum atomic E-state index is 12.2. The van der Waals surface area contributed by atoms with E-state index in [0.717, 1.165) is 17.8 Å². The predicted octanol–water partition coefficient (Wildman–Crippen LogP) is 3.23. The third-order valence-corrected chi connectivity index (χ3v) is 3.84. The van der Waals surface area contributed by atoms with Crippen molar-refractivity contribution in [3.63, 3.8) is 0 Å². The standard InChI is InChI=1S/C17H12ClF3N4O3/c18-12-5-9(6-23-16(12)28-8-17(19,20)21)14(26)24-25-15(27)11-7-22-13-4-2-1-3-10(11)13/h1-7,22H,8H2,(H,24,26)(H,25,27). The van der Waals surface area contributed by atoms with Gasteiger partial charge >= 0.3 is 6.18 Å². The van der Waals surface area contributed by atoms with Gasteiger partial charge in [-0.3, -0.25) is 20.4 Å². The molecule has 146 valence electrons. The van der Waals surface area contributed by atoms with E-state index in [4.69, 9.17) is 11.6 Å². The van der Waals surface area contributed by atoms with E-state index in [1.54, 1.807) is 24.3 Å². The van der Waals surface area contributed by atoms with Crippen LogP contribution in [0, 0.1) is 0 Å². The molecule has 2 amide bonds. The van der Waals surface area contributed by atoms with E-state index in [9.17, 15) is 22.8 Å². The van der Waals surface area contributed by atoms with Crippen LogP contribution in [0.4, 0.5) is 13.2 Å². The van der Waals surface area contributed by atoms with Crippen molar-refractivity contribution in [2.45, 2.75) is 6.18 Å². The van der Waals surface area contributed by atoms with E-state index in [0.29, 0.717) is 10.9 Å². The third kappa shape index (κ3) is 4.52. The molecule has 3 N–H and O–H groups in total. The maximum absolute atomic E-state index is 12.2. The van der Waals surface area contributed by atoms with E-state index in [1.165, 1.54) is 6.20 Å². The Balaban J connectivity index is 1.63. The number of alkyl halides is 3. The molecule has 0 spiro atoms. The molecule has 0 bridgehead atoms. The lowest BCUT2D eigenvalue weighted by molar-refractivity contribution is -0.154. The van der Waals surface area contributed by atoms with Gasteiger partial charge in [0.25, 0.3) is 11.8 Å². The molecule has 7 nitrogen and oxygen atoms in total. The molecule has 28 heavy (non-hydrogen) atoms. The zero-order valence-electron chi connectivity index (χ0n) is 13.9. The van der Waals surface area contributed by atoms with Gasteiger partial charge in [-0.2, -0.15) is 13.2 Å². The lowest BCUT2D eigenvalue weighted by Gasteiger charge is -2.11. The van der Waals surface area contributed by atoms with E-state index < -0.39 is 30.5 Å². The summed E-state index contributed by atoms with van der Waals surface area (Å²) in [5.74, 6) is -1.78. The minimum atomic E-state index is -4.55. The number of hydrogen-bond acceptors (Lipinski definition) is 4. The number of halogens is 4. The Morgan fingerprint density at radius 3 is 2.61 bits per heavy atom. The molecule has 3 rings (SSSR count). The van der Waals surface area contributed by atoms with Crippen molar-refractivity contribution in [3.8, 4) is 5.88 Å². The van der Waals surface area contributed by atoms with Crippen molar-refractivity contribution < 1.29 is 27.5 Å². The Hall–Kier alpha value is -3.27. The molecular formula is C17H12ClF3N4O3. The van der Waals surface area contributed by atoms with Crippen molar-refractivity contribution >= 4 is 34.3 Å². The predicted molar refractivity (Wildman–Crippen MR) is 94.0 cm³/mol. The number of nitrogens with zero attached hydrogens (tertiary/aromatic N) is 1. The van der Waals surface area contributed by atoms with Crippen LogP contribution in [-0.2, 0) is 0 Å². The summed E-state index contributed by atoms with van der Waals surface area (Å²) in [5, 5.41) is 0.394. The summed E-state index contributed by atoms with van der Waals surface area (Å²) in [4.78, 5) is 30.9. The van der Waals surface area contributed by atoms with Gasteiger partial charge in [0, 0.05) is 23.3 Å². The number of para-hydroxylation sites is 1. The van der Waals surface area contributed by atoms with Gasteiger partial charge in [0.1, 0.15) is 5.02 Å². The largest absolute Gasteiger partial charge is 0.467 e. The highest BCUT2D eigenvalue weighted by molar-refractivity contribution is 6.32. The molecule has 0 fully saturated rings. The highest BCUT2D eigenvalue weighted by atomic mass is 35.5. The van der Waals surface area contributed by atoms with Crippen LogP contribution in [-0.4, -0.2) is 34.6 Å². The van der Waals surface area contributed by atoms with E-state index in [2.05, 4.69) is 25.6 Å². The van der Waals surface area contributed by atoms with Crippen LogP contribution in [0.3, 0.4) is 0 Å². The van der Waals surface area contributed by atoms with Crippen molar-refractivity contribution in [2.24, 2.45) is 0 Å². The minimum absolute atomic E-state index is 0.0800. The molecular weight excluding hydrogens is 401 g/mol. The number of amides is 2. The van der Waals surface area contributed by atoms with Gasteiger partial charge in [-0.05, 0) is 12.1 Å². The second-order valence-electron chi connectivity index (χ2n) is 5.57. The first kappa shape index (κ1) is 19.5. The Kier molecular flexibility index (Phi) is 5.41. The molecule has 2 heterocycles. The number of hydrogen-bond donors (Lipinski definition) is 3. The minimum Gasteiger partial charge on any atom is -0.467 e. The third-order valence-electron chi connectivity index (χ3n) is 3.57. The normalized spacial score (nSPS) is 11.3. The number of carbonyl (C=O) groups is 2. The molecule has 0 radical (unpaired) electrons. The van der Waals surface area contributed by atoms with Gasteiger partial charge in [0.2, 0.25) is 5.88 Å². The molecule has 0 aliphatic heterocycles. The highest BCUT2D eigenvalue weighted by Crippen LogP contribution is 2.25. The summed E-state index contributed by atoms with van der Waals surface area (Å²) in [6.07, 6.45) is -2.07. The number of ether oxygens (including phenoxy) is 1. The number of H-pyrrole nitrogens is 1. The van der Waals surface area contributed by atoms with Crippen LogP contribution in [0.15, 0.2) is 42.7 Å². The average Bonchev–Trinajstić information content (AvgIpc) is 3.08. The first-order valence-corrected chi connectivity index (χ1v) is 8.14. The molecule has 3 aromatic rings. The number of pyridine rings is 1. The zero-order valence-corrected chi connectivity index (χ0v) is 14.7. The number of benzene rings is 1. The van der Waals surface area contributed by atoms with Crippen LogP contribution in [0.5, 0.6) is 5.88 Å². The number of aromatic amines is 1. The SMILES string of the molecule is O=C(NNC(=O)c1c[nH]c2ccccc12)c1cnc(OCC(F)(F)F)c(Cl)c1. The van der Waals surface area contributed by atoms with Gasteiger partial charge < -0.3 is 9.72 Å². The van der Waals surface area contributed by atoms with Crippen LogP contribution in [0.2, 0.25) is 5.02 Å². The number of hydrazine groups is 1. The maximum Gasteiger partial charge on any atom is 0.422 e. The van der Waals surface area contributed by atoms with Crippen molar-refractivity contribution in [1.82, 2.24) is 20.8 Å². The Labute approximate surface area is 160 Å². The summed E-state index contributed by atoms with van der Waals surface area (Å²) in [5.41, 5.74) is 5.42. The smallest absolute Gasteiger partial charge is 0.422 e.